The number of H-pyrrole nitrogens is 1. The van der Waals surface area contributed by atoms with Gasteiger partial charge in [0.05, 0.1) is 0 Å². The molecule has 1 fully saturated rings. The van der Waals surface area contributed by atoms with Crippen LogP contribution < -0.4 is 5.43 Å². The number of halogens is 1. The molecule has 0 aromatic carbocycles. The average Bonchev–Trinajstić information content (AvgIpc) is 2.25. The maximum Gasteiger partial charge on any atom is 0.259 e. The largest absolute Gasteiger partial charge is 0.364 e. The zero-order chi connectivity index (χ0) is 13.1. The first-order valence-corrected chi connectivity index (χ1v) is 7.32. The highest BCUT2D eigenvalue weighted by Crippen LogP contribution is 2.25. The minimum Gasteiger partial charge on any atom is -0.364 e. The standard InChI is InChI=1S/C13H17BrN2O2/c1-9-7-12(17)11(8-15-9)13(18)16(6-5-14)10-3-2-4-10/h7-8,10H,2-6H2,1H3,(H,15,17). The molecular formula is C13H17BrN2O2. The molecule has 1 aliphatic carbocycles. The number of nitrogens with zero attached hydrogens (tertiary/aromatic N) is 1. The topological polar surface area (TPSA) is 53.2 Å². The molecule has 18 heavy (non-hydrogen) atoms. The maximum atomic E-state index is 12.4. The van der Waals surface area contributed by atoms with Crippen LogP contribution in [0, 0.1) is 6.92 Å². The Morgan fingerprint density at radius 2 is 2.28 bits per heavy atom. The van der Waals surface area contributed by atoms with Crippen LogP contribution in [0.15, 0.2) is 17.1 Å². The summed E-state index contributed by atoms with van der Waals surface area (Å²) in [5, 5.41) is 0.735. The number of carbonyl (C=O) groups is 1. The van der Waals surface area contributed by atoms with E-state index in [9.17, 15) is 9.59 Å². The lowest BCUT2D eigenvalue weighted by Gasteiger charge is -2.37. The summed E-state index contributed by atoms with van der Waals surface area (Å²) in [4.78, 5) is 29.0. The second kappa shape index (κ2) is 5.69. The molecule has 1 saturated carbocycles. The molecule has 0 atom stereocenters. The van der Waals surface area contributed by atoms with Gasteiger partial charge in [-0.25, -0.2) is 0 Å². The number of aromatic nitrogens is 1. The zero-order valence-corrected chi connectivity index (χ0v) is 12.0. The van der Waals surface area contributed by atoms with E-state index >= 15 is 0 Å². The molecule has 1 heterocycles. The number of nitrogens with one attached hydrogen (secondary N) is 1. The Labute approximate surface area is 115 Å². The number of rotatable bonds is 4. The fourth-order valence-corrected chi connectivity index (χ4v) is 2.52. The van der Waals surface area contributed by atoms with E-state index in [2.05, 4.69) is 20.9 Å². The molecule has 0 unspecified atom stereocenters. The molecular weight excluding hydrogens is 296 g/mol. The lowest BCUT2D eigenvalue weighted by atomic mass is 9.91. The van der Waals surface area contributed by atoms with Crippen LogP contribution in [0.5, 0.6) is 0 Å². The van der Waals surface area contributed by atoms with Crippen LogP contribution in [0.3, 0.4) is 0 Å². The van der Waals surface area contributed by atoms with Crippen molar-refractivity contribution in [2.75, 3.05) is 11.9 Å². The van der Waals surface area contributed by atoms with Gasteiger partial charge in [0.15, 0.2) is 5.43 Å². The molecule has 1 aromatic heterocycles. The second-order valence-electron chi connectivity index (χ2n) is 4.67. The maximum absolute atomic E-state index is 12.4. The number of carbonyl (C=O) groups excluding carboxylic acids is 1. The summed E-state index contributed by atoms with van der Waals surface area (Å²) in [5.74, 6) is -0.152. The van der Waals surface area contributed by atoms with Gasteiger partial charge in [-0.15, -0.1) is 0 Å². The van der Waals surface area contributed by atoms with E-state index in [1.807, 2.05) is 4.90 Å². The fraction of sp³-hybridized carbons (Fsp3) is 0.538. The van der Waals surface area contributed by atoms with Gasteiger partial charge in [0, 0.05) is 35.9 Å². The van der Waals surface area contributed by atoms with Crippen molar-refractivity contribution in [3.63, 3.8) is 0 Å². The predicted octanol–water partition coefficient (Wildman–Crippen LogP) is 2.07. The highest BCUT2D eigenvalue weighted by molar-refractivity contribution is 9.09. The number of pyridine rings is 1. The fourth-order valence-electron chi connectivity index (χ4n) is 2.13. The second-order valence-corrected chi connectivity index (χ2v) is 5.46. The Hall–Kier alpha value is -1.10. The van der Waals surface area contributed by atoms with Gasteiger partial charge < -0.3 is 9.88 Å². The Balaban J connectivity index is 2.24. The van der Waals surface area contributed by atoms with Crippen LogP contribution in [0.2, 0.25) is 0 Å². The van der Waals surface area contributed by atoms with Crippen molar-refractivity contribution >= 4 is 21.8 Å². The van der Waals surface area contributed by atoms with Crippen molar-refractivity contribution < 1.29 is 4.79 Å². The van der Waals surface area contributed by atoms with Crippen molar-refractivity contribution in [2.24, 2.45) is 0 Å². The third-order valence-electron chi connectivity index (χ3n) is 3.39. The molecule has 4 nitrogen and oxygen atoms in total. The molecule has 98 valence electrons. The molecule has 0 bridgehead atoms. The van der Waals surface area contributed by atoms with Crippen molar-refractivity contribution in [3.05, 3.63) is 33.7 Å². The molecule has 1 amide bonds. The molecule has 1 aliphatic rings. The van der Waals surface area contributed by atoms with Crippen LogP contribution in [-0.4, -0.2) is 33.7 Å². The number of alkyl halides is 1. The third kappa shape index (κ3) is 2.66. The van der Waals surface area contributed by atoms with Crippen molar-refractivity contribution in [2.45, 2.75) is 32.2 Å². The van der Waals surface area contributed by atoms with E-state index in [0.717, 1.165) is 23.9 Å². The smallest absolute Gasteiger partial charge is 0.259 e. The van der Waals surface area contributed by atoms with Crippen LogP contribution in [0.1, 0.15) is 35.3 Å². The summed E-state index contributed by atoms with van der Waals surface area (Å²) in [6.07, 6.45) is 4.78. The molecule has 0 spiro atoms. The Morgan fingerprint density at radius 3 is 2.78 bits per heavy atom. The molecule has 0 saturated heterocycles. The zero-order valence-electron chi connectivity index (χ0n) is 10.4. The van der Waals surface area contributed by atoms with E-state index in [0.29, 0.717) is 12.6 Å². The lowest BCUT2D eigenvalue weighted by molar-refractivity contribution is 0.0598. The minimum atomic E-state index is -0.199. The monoisotopic (exact) mass is 312 g/mol. The summed E-state index contributed by atoms with van der Waals surface area (Å²) in [7, 11) is 0. The molecule has 0 aliphatic heterocycles. The molecule has 1 aromatic rings. The average molecular weight is 313 g/mol. The number of hydrogen-bond donors (Lipinski definition) is 1. The lowest BCUT2D eigenvalue weighted by Crippen LogP contribution is -2.46. The van der Waals surface area contributed by atoms with Crippen LogP contribution in [0.25, 0.3) is 0 Å². The van der Waals surface area contributed by atoms with Gasteiger partial charge in [0.1, 0.15) is 5.56 Å². The highest BCUT2D eigenvalue weighted by Gasteiger charge is 2.29. The Morgan fingerprint density at radius 1 is 1.56 bits per heavy atom. The summed E-state index contributed by atoms with van der Waals surface area (Å²) < 4.78 is 0. The van der Waals surface area contributed by atoms with Crippen LogP contribution in [-0.2, 0) is 0 Å². The van der Waals surface area contributed by atoms with E-state index < -0.39 is 0 Å². The first-order valence-electron chi connectivity index (χ1n) is 6.19. The first kappa shape index (κ1) is 13.3. The first-order chi connectivity index (χ1) is 8.63. The van der Waals surface area contributed by atoms with Crippen molar-refractivity contribution in [1.82, 2.24) is 9.88 Å². The molecule has 2 rings (SSSR count). The quantitative estimate of drug-likeness (QED) is 0.865. The van der Waals surface area contributed by atoms with Gasteiger partial charge in [0.25, 0.3) is 5.91 Å². The third-order valence-corrected chi connectivity index (χ3v) is 3.74. The van der Waals surface area contributed by atoms with E-state index in [4.69, 9.17) is 0 Å². The Bertz CT molecular complexity index is 494. The van der Waals surface area contributed by atoms with E-state index in [1.165, 1.54) is 18.7 Å². The van der Waals surface area contributed by atoms with Gasteiger partial charge in [-0.3, -0.25) is 9.59 Å². The summed E-state index contributed by atoms with van der Waals surface area (Å²) >= 11 is 3.36. The van der Waals surface area contributed by atoms with Gasteiger partial charge >= 0.3 is 0 Å². The number of hydrogen-bond acceptors (Lipinski definition) is 2. The summed E-state index contributed by atoms with van der Waals surface area (Å²) in [5.41, 5.74) is 0.816. The highest BCUT2D eigenvalue weighted by atomic mass is 79.9. The summed E-state index contributed by atoms with van der Waals surface area (Å²) in [6, 6.07) is 1.77. The van der Waals surface area contributed by atoms with Crippen molar-refractivity contribution in [1.29, 1.82) is 0 Å². The normalized spacial score (nSPS) is 15.2. The molecule has 0 radical (unpaired) electrons. The minimum absolute atomic E-state index is 0.152. The van der Waals surface area contributed by atoms with Gasteiger partial charge in [-0.2, -0.15) is 0 Å². The van der Waals surface area contributed by atoms with E-state index in [-0.39, 0.29) is 16.9 Å². The van der Waals surface area contributed by atoms with Gasteiger partial charge in [-0.1, -0.05) is 15.9 Å². The Kier molecular flexibility index (Phi) is 4.22. The molecule has 1 N–H and O–H groups in total. The molecule has 5 heteroatoms. The number of aryl methyl sites for hydroxylation is 1. The predicted molar refractivity (Wildman–Crippen MR) is 74.3 cm³/mol. The van der Waals surface area contributed by atoms with Crippen LogP contribution in [0.4, 0.5) is 0 Å². The number of amides is 1. The summed E-state index contributed by atoms with van der Waals surface area (Å²) in [6.45, 7) is 2.45. The van der Waals surface area contributed by atoms with Crippen LogP contribution >= 0.6 is 15.9 Å². The van der Waals surface area contributed by atoms with Gasteiger partial charge in [-0.05, 0) is 26.2 Å². The SMILES string of the molecule is Cc1cc(=O)c(C(=O)N(CCBr)C2CCC2)c[nH]1. The van der Waals surface area contributed by atoms with Gasteiger partial charge in [0.2, 0.25) is 0 Å². The number of aromatic amines is 1. The van der Waals surface area contributed by atoms with Crippen molar-refractivity contribution in [3.8, 4) is 0 Å². The van der Waals surface area contributed by atoms with E-state index in [1.54, 1.807) is 6.92 Å².